The number of likely N-dealkylation sites (tertiary alicyclic amines) is 1. The van der Waals surface area contributed by atoms with Gasteiger partial charge in [-0.05, 0) is 78.8 Å². The molecule has 5 fully saturated rings. The van der Waals surface area contributed by atoms with Gasteiger partial charge in [-0.15, -0.1) is 0 Å². The number of esters is 1. The lowest BCUT2D eigenvalue weighted by Gasteiger charge is -2.69. The van der Waals surface area contributed by atoms with Crippen LogP contribution < -0.4 is 5.32 Å². The number of carbonyl (C=O) groups excluding carboxylic acids is 1. The monoisotopic (exact) mass is 436 g/mol. The van der Waals surface area contributed by atoms with Crippen LogP contribution in [-0.4, -0.2) is 84.8 Å². The molecular weight excluding hydrogens is 396 g/mol. The minimum atomic E-state index is -0.490. The third-order valence-electron chi connectivity index (χ3n) is 9.23. The summed E-state index contributed by atoms with van der Waals surface area (Å²) in [6.07, 6.45) is 5.32. The molecule has 31 heavy (non-hydrogen) atoms. The number of aliphatic hydroxyl groups is 1. The van der Waals surface area contributed by atoms with E-state index < -0.39 is 11.7 Å². The number of hydrogen-bond acceptors (Lipinski definition) is 7. The summed E-state index contributed by atoms with van der Waals surface area (Å²) in [7, 11) is 4.12. The van der Waals surface area contributed by atoms with E-state index in [0.29, 0.717) is 17.9 Å². The Balaban J connectivity index is 1.47. The van der Waals surface area contributed by atoms with Crippen LogP contribution in [0.1, 0.15) is 59.3 Å². The summed E-state index contributed by atoms with van der Waals surface area (Å²) in [5.74, 6) is 0.670. The van der Waals surface area contributed by atoms with Gasteiger partial charge in [0, 0.05) is 30.5 Å². The van der Waals surface area contributed by atoms with Crippen molar-refractivity contribution in [2.75, 3.05) is 27.2 Å². The summed E-state index contributed by atoms with van der Waals surface area (Å²) in [6.45, 7) is 6.89. The Bertz CT molecular complexity index is 725. The van der Waals surface area contributed by atoms with Crippen molar-refractivity contribution >= 4 is 5.97 Å². The van der Waals surface area contributed by atoms with E-state index in [1.54, 1.807) is 0 Å². The second-order valence-corrected chi connectivity index (χ2v) is 11.7. The van der Waals surface area contributed by atoms with Gasteiger partial charge in [0.05, 0.1) is 30.5 Å². The van der Waals surface area contributed by atoms with Crippen molar-refractivity contribution in [1.29, 1.82) is 0 Å². The van der Waals surface area contributed by atoms with Crippen molar-refractivity contribution in [3.63, 3.8) is 0 Å². The third-order valence-corrected chi connectivity index (χ3v) is 9.23. The molecule has 3 saturated carbocycles. The summed E-state index contributed by atoms with van der Waals surface area (Å²) in [5, 5.41) is 14.4. The highest BCUT2D eigenvalue weighted by Gasteiger charge is 2.77. The lowest BCUT2D eigenvalue weighted by Crippen LogP contribution is -2.78. The first-order chi connectivity index (χ1) is 14.6. The van der Waals surface area contributed by atoms with Crippen molar-refractivity contribution in [3.8, 4) is 0 Å². The highest BCUT2D eigenvalue weighted by molar-refractivity contribution is 5.72. The Kier molecular flexibility index (Phi) is 5.26. The molecule has 1 spiro atoms. The van der Waals surface area contributed by atoms with Gasteiger partial charge in [0.1, 0.15) is 5.60 Å². The largest absolute Gasteiger partial charge is 0.459 e. The molecule has 176 valence electrons. The van der Waals surface area contributed by atoms with Gasteiger partial charge in [0.2, 0.25) is 0 Å². The van der Waals surface area contributed by atoms with Crippen LogP contribution in [-0.2, 0) is 19.0 Å². The lowest BCUT2D eigenvalue weighted by molar-refractivity contribution is -0.269. The molecule has 0 amide bonds. The second-order valence-electron chi connectivity index (χ2n) is 11.7. The zero-order valence-electron chi connectivity index (χ0n) is 19.7. The van der Waals surface area contributed by atoms with E-state index in [0.717, 1.165) is 45.1 Å². The maximum absolute atomic E-state index is 12.4. The number of hydrogen-bond donors (Lipinski definition) is 2. The minimum Gasteiger partial charge on any atom is -0.459 e. The predicted molar refractivity (Wildman–Crippen MR) is 116 cm³/mol. The minimum absolute atomic E-state index is 0.0506. The van der Waals surface area contributed by atoms with Gasteiger partial charge in [-0.1, -0.05) is 0 Å². The van der Waals surface area contributed by atoms with Crippen molar-refractivity contribution in [3.05, 3.63) is 0 Å². The first-order valence-corrected chi connectivity index (χ1v) is 12.2. The van der Waals surface area contributed by atoms with E-state index in [4.69, 9.17) is 14.2 Å². The maximum atomic E-state index is 12.4. The number of rotatable bonds is 4. The summed E-state index contributed by atoms with van der Waals surface area (Å²) in [4.78, 5) is 14.9. The Hall–Kier alpha value is -0.730. The SMILES string of the molecule is CO[C@]12CC[C@H](NCC(=O)OC(C)(C)C)[C@@H]3OC4C(O)CCC5CC1N(C)CC[C@]32C54. The molecule has 2 N–H and O–H groups in total. The first kappa shape index (κ1) is 22.1. The molecule has 0 radical (unpaired) electrons. The molecule has 0 aromatic heterocycles. The highest BCUT2D eigenvalue weighted by Crippen LogP contribution is 2.70. The normalized spacial score (nSPS) is 48.9. The van der Waals surface area contributed by atoms with Gasteiger partial charge in [-0.2, -0.15) is 0 Å². The molecule has 0 aromatic carbocycles. The number of piperidine rings is 1. The molecule has 2 saturated heterocycles. The molecule has 2 aliphatic heterocycles. The number of aliphatic hydroxyl groups excluding tert-OH is 1. The van der Waals surface area contributed by atoms with Crippen LogP contribution in [0, 0.1) is 17.3 Å². The van der Waals surface area contributed by atoms with Crippen LogP contribution >= 0.6 is 0 Å². The Morgan fingerprint density at radius 3 is 2.74 bits per heavy atom. The van der Waals surface area contributed by atoms with Crippen LogP contribution in [0.5, 0.6) is 0 Å². The van der Waals surface area contributed by atoms with E-state index in [2.05, 4.69) is 17.3 Å². The van der Waals surface area contributed by atoms with Gasteiger partial charge in [0.15, 0.2) is 0 Å². The van der Waals surface area contributed by atoms with Crippen molar-refractivity contribution < 1.29 is 24.1 Å². The molecule has 2 heterocycles. The highest BCUT2D eigenvalue weighted by atomic mass is 16.6. The van der Waals surface area contributed by atoms with Crippen LogP contribution in [0.25, 0.3) is 0 Å². The average Bonchev–Trinajstić information content (AvgIpc) is 3.05. The fraction of sp³-hybridized carbons (Fsp3) is 0.958. The van der Waals surface area contributed by atoms with Crippen molar-refractivity contribution in [2.45, 2.75) is 101 Å². The van der Waals surface area contributed by atoms with Crippen LogP contribution in [0.3, 0.4) is 0 Å². The van der Waals surface area contributed by atoms with E-state index in [1.807, 2.05) is 27.9 Å². The lowest BCUT2D eigenvalue weighted by atomic mass is 9.42. The standard InChI is InChI=1S/C24H40N2O5/c1-22(2,3)31-18(28)13-25-15-8-9-24(29-5)17-12-14-6-7-16(27)20-19(14)23(24,21(15)30-20)10-11-26(17)4/h14-17,19-21,25,27H,6-13H2,1-5H3/t14?,15-,16?,17?,19?,20?,21-,23-,24+/m0/s1. The number of nitrogens with one attached hydrogen (secondary N) is 1. The fourth-order valence-corrected chi connectivity index (χ4v) is 8.36. The maximum Gasteiger partial charge on any atom is 0.320 e. The quantitative estimate of drug-likeness (QED) is 0.650. The van der Waals surface area contributed by atoms with Crippen molar-refractivity contribution in [1.82, 2.24) is 10.2 Å². The molecule has 0 aromatic rings. The summed E-state index contributed by atoms with van der Waals surface area (Å²) in [5.41, 5.74) is -0.852. The predicted octanol–water partition coefficient (Wildman–Crippen LogP) is 1.71. The first-order valence-electron chi connectivity index (χ1n) is 12.2. The number of carbonyl (C=O) groups is 1. The van der Waals surface area contributed by atoms with Gasteiger partial charge >= 0.3 is 5.97 Å². The molecule has 2 bridgehead atoms. The van der Waals surface area contributed by atoms with E-state index >= 15 is 0 Å². The molecule has 5 unspecified atom stereocenters. The molecule has 3 aliphatic carbocycles. The zero-order chi connectivity index (χ0) is 22.2. The van der Waals surface area contributed by atoms with Gasteiger partial charge in [0.25, 0.3) is 0 Å². The van der Waals surface area contributed by atoms with Crippen LogP contribution in [0.2, 0.25) is 0 Å². The topological polar surface area (TPSA) is 80.3 Å². The number of methoxy groups -OCH3 is 1. The van der Waals surface area contributed by atoms with Crippen molar-refractivity contribution in [2.24, 2.45) is 17.3 Å². The van der Waals surface area contributed by atoms with E-state index in [9.17, 15) is 9.90 Å². The summed E-state index contributed by atoms with van der Waals surface area (Å²) < 4.78 is 18.8. The molecule has 7 nitrogen and oxygen atoms in total. The molecule has 7 heteroatoms. The Labute approximate surface area is 186 Å². The molecular formula is C24H40N2O5. The Morgan fingerprint density at radius 1 is 1.26 bits per heavy atom. The van der Waals surface area contributed by atoms with Gasteiger partial charge < -0.3 is 29.5 Å². The Morgan fingerprint density at radius 2 is 2.03 bits per heavy atom. The second kappa shape index (κ2) is 7.39. The van der Waals surface area contributed by atoms with E-state index in [-0.39, 0.29) is 41.8 Å². The van der Waals surface area contributed by atoms with E-state index in [1.165, 1.54) is 0 Å². The molecule has 5 rings (SSSR count). The number of likely N-dealkylation sites (N-methyl/N-ethyl adjacent to an activating group) is 1. The molecule has 5 aliphatic rings. The number of nitrogens with zero attached hydrogens (tertiary/aromatic N) is 1. The summed E-state index contributed by atoms with van der Waals surface area (Å²) in [6, 6.07) is 0.454. The van der Waals surface area contributed by atoms with Gasteiger partial charge in [-0.25, -0.2) is 0 Å². The smallest absolute Gasteiger partial charge is 0.320 e. The average molecular weight is 437 g/mol. The van der Waals surface area contributed by atoms with Gasteiger partial charge in [-0.3, -0.25) is 4.79 Å². The summed E-state index contributed by atoms with van der Waals surface area (Å²) >= 11 is 0. The van der Waals surface area contributed by atoms with Crippen LogP contribution in [0.15, 0.2) is 0 Å². The fourth-order valence-electron chi connectivity index (χ4n) is 8.36. The number of ether oxygens (including phenoxy) is 3. The third kappa shape index (κ3) is 3.07. The van der Waals surface area contributed by atoms with Crippen LogP contribution in [0.4, 0.5) is 0 Å². The molecule has 9 atom stereocenters. The zero-order valence-corrected chi connectivity index (χ0v) is 19.7.